The summed E-state index contributed by atoms with van der Waals surface area (Å²) in [7, 11) is 0. The summed E-state index contributed by atoms with van der Waals surface area (Å²) in [5.74, 6) is 1.50. The first kappa shape index (κ1) is 14.6. The van der Waals surface area contributed by atoms with Crippen LogP contribution in [0.1, 0.15) is 19.8 Å². The molecule has 1 aliphatic rings. The van der Waals surface area contributed by atoms with Crippen LogP contribution in [-0.4, -0.2) is 42.1 Å². The Morgan fingerprint density at radius 1 is 1.18 bits per heavy atom. The monoisotopic (exact) mass is 299 g/mol. The molecule has 6 nitrogen and oxygen atoms in total. The Labute approximate surface area is 129 Å². The second kappa shape index (κ2) is 6.60. The van der Waals surface area contributed by atoms with Crippen LogP contribution in [0.5, 0.6) is 0 Å². The molecule has 2 aromatic rings. The van der Waals surface area contributed by atoms with Gasteiger partial charge in [0.15, 0.2) is 11.6 Å². The maximum atomic E-state index is 11.7. The molecular weight excluding hydrogens is 278 g/mol. The summed E-state index contributed by atoms with van der Waals surface area (Å²) in [6, 6.07) is 7.82. The second-order valence-corrected chi connectivity index (χ2v) is 5.39. The molecule has 0 bridgehead atoms. The maximum absolute atomic E-state index is 11.7. The molecule has 2 heterocycles. The van der Waals surface area contributed by atoms with Crippen LogP contribution in [0, 0.1) is 0 Å². The van der Waals surface area contributed by atoms with Crippen molar-refractivity contribution in [2.45, 2.75) is 19.8 Å². The van der Waals surface area contributed by atoms with E-state index in [1.54, 1.807) is 0 Å². The van der Waals surface area contributed by atoms with Gasteiger partial charge in [-0.05, 0) is 31.9 Å². The summed E-state index contributed by atoms with van der Waals surface area (Å²) in [5, 5.41) is 5.92. The highest BCUT2D eigenvalue weighted by Gasteiger charge is 2.19. The van der Waals surface area contributed by atoms with Crippen molar-refractivity contribution in [2.75, 3.05) is 36.4 Å². The number of para-hydroxylation sites is 2. The highest BCUT2D eigenvalue weighted by atomic mass is 16.1. The predicted molar refractivity (Wildman–Crippen MR) is 88.2 cm³/mol. The summed E-state index contributed by atoms with van der Waals surface area (Å²) in [6.07, 6.45) is 2.34. The van der Waals surface area contributed by atoms with E-state index < -0.39 is 0 Å². The first-order chi connectivity index (χ1) is 10.8. The Bertz CT molecular complexity index is 667. The van der Waals surface area contributed by atoms with Crippen molar-refractivity contribution in [1.29, 1.82) is 0 Å². The molecule has 22 heavy (non-hydrogen) atoms. The first-order valence-corrected chi connectivity index (χ1v) is 7.80. The van der Waals surface area contributed by atoms with Gasteiger partial charge in [0.05, 0.1) is 17.6 Å². The lowest BCUT2D eigenvalue weighted by atomic mass is 10.3. The summed E-state index contributed by atoms with van der Waals surface area (Å²) in [5.41, 5.74) is 1.72. The van der Waals surface area contributed by atoms with E-state index >= 15 is 0 Å². The van der Waals surface area contributed by atoms with E-state index in [0.29, 0.717) is 12.4 Å². The van der Waals surface area contributed by atoms with Gasteiger partial charge in [0.25, 0.3) is 0 Å². The van der Waals surface area contributed by atoms with Crippen molar-refractivity contribution in [1.82, 2.24) is 15.3 Å². The summed E-state index contributed by atoms with van der Waals surface area (Å²) in [4.78, 5) is 23.3. The number of benzene rings is 1. The Balaban J connectivity index is 1.90. The average molecular weight is 299 g/mol. The van der Waals surface area contributed by atoms with Gasteiger partial charge in [-0.25, -0.2) is 9.97 Å². The molecule has 1 aromatic carbocycles. The number of hydrogen-bond acceptors (Lipinski definition) is 5. The van der Waals surface area contributed by atoms with Crippen LogP contribution in [0.4, 0.5) is 11.6 Å². The smallest absolute Gasteiger partial charge is 0.239 e. The molecule has 3 rings (SSSR count). The van der Waals surface area contributed by atoms with Gasteiger partial charge in [0, 0.05) is 19.6 Å². The lowest BCUT2D eigenvalue weighted by molar-refractivity contribution is -0.119. The van der Waals surface area contributed by atoms with Gasteiger partial charge in [-0.3, -0.25) is 4.79 Å². The van der Waals surface area contributed by atoms with E-state index in [1.165, 1.54) is 12.8 Å². The van der Waals surface area contributed by atoms with Gasteiger partial charge >= 0.3 is 0 Å². The fraction of sp³-hybridized carbons (Fsp3) is 0.438. The van der Waals surface area contributed by atoms with Crippen LogP contribution in [0.3, 0.4) is 0 Å². The van der Waals surface area contributed by atoms with Crippen molar-refractivity contribution in [3.05, 3.63) is 24.3 Å². The van der Waals surface area contributed by atoms with Gasteiger partial charge in [0.2, 0.25) is 5.91 Å². The molecule has 1 amide bonds. The Hall–Kier alpha value is -2.37. The second-order valence-electron chi connectivity index (χ2n) is 5.39. The molecule has 0 atom stereocenters. The molecule has 0 saturated carbocycles. The number of aromatic nitrogens is 2. The van der Waals surface area contributed by atoms with Crippen LogP contribution in [0.15, 0.2) is 24.3 Å². The Kier molecular flexibility index (Phi) is 4.37. The van der Waals surface area contributed by atoms with Crippen molar-refractivity contribution in [3.8, 4) is 0 Å². The summed E-state index contributed by atoms with van der Waals surface area (Å²) < 4.78 is 0. The van der Waals surface area contributed by atoms with Crippen molar-refractivity contribution in [3.63, 3.8) is 0 Å². The largest absolute Gasteiger partial charge is 0.358 e. The molecule has 2 N–H and O–H groups in total. The standard InChI is InChI=1S/C16H21N5O/c1-2-17-14(22)11-18-15-16(21-9-5-6-10-21)20-13-8-4-3-7-12(13)19-15/h3-4,7-8H,2,5-6,9-11H2,1H3,(H,17,22)(H,18,19). The number of likely N-dealkylation sites (N-methyl/N-ethyl adjacent to an activating group) is 1. The lowest BCUT2D eigenvalue weighted by Crippen LogP contribution is -2.30. The maximum Gasteiger partial charge on any atom is 0.239 e. The summed E-state index contributed by atoms with van der Waals surface area (Å²) in [6.45, 7) is 4.72. The van der Waals surface area contributed by atoms with Gasteiger partial charge in [-0.1, -0.05) is 12.1 Å². The number of hydrogen-bond donors (Lipinski definition) is 2. The molecule has 116 valence electrons. The van der Waals surface area contributed by atoms with Gasteiger partial charge in [-0.15, -0.1) is 0 Å². The molecule has 0 aliphatic carbocycles. The molecule has 1 saturated heterocycles. The molecule has 1 aromatic heterocycles. The van der Waals surface area contributed by atoms with Gasteiger partial charge in [-0.2, -0.15) is 0 Å². The summed E-state index contributed by atoms with van der Waals surface area (Å²) >= 11 is 0. The van der Waals surface area contributed by atoms with Gasteiger partial charge < -0.3 is 15.5 Å². The molecule has 0 unspecified atom stereocenters. The minimum atomic E-state index is -0.0372. The molecule has 0 spiro atoms. The fourth-order valence-electron chi connectivity index (χ4n) is 2.68. The molecule has 6 heteroatoms. The third kappa shape index (κ3) is 3.10. The van der Waals surface area contributed by atoms with E-state index in [4.69, 9.17) is 4.98 Å². The fourth-order valence-corrected chi connectivity index (χ4v) is 2.68. The van der Waals surface area contributed by atoms with Crippen LogP contribution < -0.4 is 15.5 Å². The Morgan fingerprint density at radius 3 is 2.55 bits per heavy atom. The number of rotatable bonds is 5. The molecule has 0 radical (unpaired) electrons. The van der Waals surface area contributed by atoms with Crippen LogP contribution in [-0.2, 0) is 4.79 Å². The number of carbonyl (C=O) groups excluding carboxylic acids is 1. The van der Waals surface area contributed by atoms with Crippen molar-refractivity contribution in [2.24, 2.45) is 0 Å². The van der Waals surface area contributed by atoms with Crippen LogP contribution in [0.25, 0.3) is 11.0 Å². The van der Waals surface area contributed by atoms with E-state index in [0.717, 1.165) is 29.9 Å². The zero-order valence-corrected chi connectivity index (χ0v) is 12.8. The zero-order chi connectivity index (χ0) is 15.4. The average Bonchev–Trinajstić information content (AvgIpc) is 3.06. The minimum absolute atomic E-state index is 0.0372. The third-order valence-electron chi connectivity index (χ3n) is 3.75. The van der Waals surface area contributed by atoms with E-state index in [2.05, 4.69) is 20.5 Å². The van der Waals surface area contributed by atoms with Crippen LogP contribution >= 0.6 is 0 Å². The SMILES string of the molecule is CCNC(=O)CNc1nc2ccccc2nc1N1CCCC1. The van der Waals surface area contributed by atoms with Crippen LogP contribution in [0.2, 0.25) is 0 Å². The lowest BCUT2D eigenvalue weighted by Gasteiger charge is -2.20. The third-order valence-corrected chi connectivity index (χ3v) is 3.75. The topological polar surface area (TPSA) is 70.1 Å². The first-order valence-electron chi connectivity index (χ1n) is 7.80. The molecule has 1 fully saturated rings. The number of carbonyl (C=O) groups is 1. The predicted octanol–water partition coefficient (Wildman–Crippen LogP) is 1.78. The number of fused-ring (bicyclic) bond motifs is 1. The molecule has 1 aliphatic heterocycles. The Morgan fingerprint density at radius 2 is 1.86 bits per heavy atom. The minimum Gasteiger partial charge on any atom is -0.358 e. The van der Waals surface area contributed by atoms with E-state index in [1.807, 2.05) is 31.2 Å². The highest BCUT2D eigenvalue weighted by molar-refractivity contribution is 5.84. The quantitative estimate of drug-likeness (QED) is 0.880. The number of nitrogens with one attached hydrogen (secondary N) is 2. The number of nitrogens with zero attached hydrogens (tertiary/aromatic N) is 3. The number of amides is 1. The highest BCUT2D eigenvalue weighted by Crippen LogP contribution is 2.27. The van der Waals surface area contributed by atoms with Crippen molar-refractivity contribution >= 4 is 28.6 Å². The van der Waals surface area contributed by atoms with E-state index in [-0.39, 0.29) is 12.5 Å². The van der Waals surface area contributed by atoms with Crippen molar-refractivity contribution < 1.29 is 4.79 Å². The van der Waals surface area contributed by atoms with E-state index in [9.17, 15) is 4.79 Å². The molecular formula is C16H21N5O. The van der Waals surface area contributed by atoms with Gasteiger partial charge in [0.1, 0.15) is 0 Å². The number of anilines is 2. The normalized spacial score (nSPS) is 14.3. The zero-order valence-electron chi connectivity index (χ0n) is 12.8.